The highest BCUT2D eigenvalue weighted by molar-refractivity contribution is 7.99. The van der Waals surface area contributed by atoms with Crippen LogP contribution < -0.4 is 15.0 Å². The van der Waals surface area contributed by atoms with E-state index >= 15 is 0 Å². The van der Waals surface area contributed by atoms with Gasteiger partial charge in [0.2, 0.25) is 11.1 Å². The van der Waals surface area contributed by atoms with Crippen molar-refractivity contribution in [1.82, 2.24) is 20.2 Å². The van der Waals surface area contributed by atoms with Crippen LogP contribution in [0.5, 0.6) is 5.75 Å². The zero-order chi connectivity index (χ0) is 22.2. The minimum atomic E-state index is -0.0866. The fourth-order valence-electron chi connectivity index (χ4n) is 3.71. The number of carbonyl (C=O) groups is 1. The summed E-state index contributed by atoms with van der Waals surface area (Å²) in [6, 6.07) is 15.9. The largest absolute Gasteiger partial charge is 0.497 e. The van der Waals surface area contributed by atoms with Crippen LogP contribution in [0, 0.1) is 0 Å². The van der Waals surface area contributed by atoms with Crippen LogP contribution in [0.25, 0.3) is 0 Å². The molecule has 0 unspecified atom stereocenters. The van der Waals surface area contributed by atoms with E-state index in [1.54, 1.807) is 11.8 Å². The first-order chi connectivity index (χ1) is 15.7. The molecule has 0 bridgehead atoms. The van der Waals surface area contributed by atoms with Gasteiger partial charge in [0.15, 0.2) is 0 Å². The van der Waals surface area contributed by atoms with Crippen LogP contribution in [0.4, 0.5) is 11.4 Å². The molecule has 32 heavy (non-hydrogen) atoms. The van der Waals surface area contributed by atoms with E-state index in [0.29, 0.717) is 11.7 Å². The summed E-state index contributed by atoms with van der Waals surface area (Å²) in [4.78, 5) is 14.9. The molecule has 9 heteroatoms. The summed E-state index contributed by atoms with van der Waals surface area (Å²) in [5.41, 5.74) is 3.07. The molecule has 0 radical (unpaired) electrons. The molecule has 0 spiro atoms. The molecule has 0 atom stereocenters. The number of aromatic nitrogens is 4. The molecule has 1 fully saturated rings. The average Bonchev–Trinajstić information content (AvgIpc) is 3.08. The van der Waals surface area contributed by atoms with Gasteiger partial charge in [-0.15, -0.1) is 5.10 Å². The Balaban J connectivity index is 1.28. The lowest BCUT2D eigenvalue weighted by Crippen LogP contribution is -2.23. The molecular formula is C23H28N6O2S. The number of rotatable bonds is 8. The van der Waals surface area contributed by atoms with E-state index in [0.717, 1.165) is 30.1 Å². The fourth-order valence-corrected chi connectivity index (χ4v) is 4.39. The molecule has 4 rings (SSSR count). The Kier molecular flexibility index (Phi) is 7.60. The number of tetrazole rings is 1. The highest BCUT2D eigenvalue weighted by Gasteiger charge is 2.12. The molecule has 1 N–H and O–H groups in total. The Bertz CT molecular complexity index is 998. The lowest BCUT2D eigenvalue weighted by molar-refractivity contribution is -0.113. The third kappa shape index (κ3) is 6.00. The first kappa shape index (κ1) is 22.1. The Morgan fingerprint density at radius 1 is 1.03 bits per heavy atom. The maximum absolute atomic E-state index is 12.4. The molecule has 1 amide bonds. The number of anilines is 2. The second-order valence-corrected chi connectivity index (χ2v) is 8.69. The Labute approximate surface area is 192 Å². The average molecular weight is 453 g/mol. The van der Waals surface area contributed by atoms with Gasteiger partial charge < -0.3 is 15.0 Å². The van der Waals surface area contributed by atoms with E-state index in [-0.39, 0.29) is 11.7 Å². The lowest BCUT2D eigenvalue weighted by atomic mass is 10.2. The maximum atomic E-state index is 12.4. The van der Waals surface area contributed by atoms with Crippen molar-refractivity contribution in [1.29, 1.82) is 0 Å². The fraction of sp³-hybridized carbons (Fsp3) is 0.391. The number of thioether (sulfide) groups is 1. The summed E-state index contributed by atoms with van der Waals surface area (Å²) < 4.78 is 6.88. The highest BCUT2D eigenvalue weighted by atomic mass is 32.2. The van der Waals surface area contributed by atoms with E-state index in [1.165, 1.54) is 43.1 Å². The summed E-state index contributed by atoms with van der Waals surface area (Å²) in [5, 5.41) is 15.4. The van der Waals surface area contributed by atoms with Crippen molar-refractivity contribution in [2.75, 3.05) is 36.2 Å². The van der Waals surface area contributed by atoms with Gasteiger partial charge in [-0.25, -0.2) is 4.68 Å². The van der Waals surface area contributed by atoms with Gasteiger partial charge >= 0.3 is 0 Å². The van der Waals surface area contributed by atoms with Gasteiger partial charge in [0.05, 0.1) is 19.4 Å². The molecule has 8 nitrogen and oxygen atoms in total. The topological polar surface area (TPSA) is 85.2 Å². The van der Waals surface area contributed by atoms with Crippen molar-refractivity contribution >= 4 is 29.0 Å². The monoisotopic (exact) mass is 452 g/mol. The van der Waals surface area contributed by atoms with E-state index in [4.69, 9.17) is 4.74 Å². The smallest absolute Gasteiger partial charge is 0.234 e. The van der Waals surface area contributed by atoms with Gasteiger partial charge in [-0.2, -0.15) is 0 Å². The Morgan fingerprint density at radius 2 is 1.75 bits per heavy atom. The number of hydrogen-bond acceptors (Lipinski definition) is 7. The van der Waals surface area contributed by atoms with Crippen molar-refractivity contribution < 1.29 is 9.53 Å². The zero-order valence-corrected chi connectivity index (χ0v) is 19.1. The number of hydrogen-bond donors (Lipinski definition) is 1. The minimum absolute atomic E-state index is 0.0866. The van der Waals surface area contributed by atoms with Crippen LogP contribution in [0.2, 0.25) is 0 Å². The van der Waals surface area contributed by atoms with Crippen molar-refractivity contribution in [2.24, 2.45) is 0 Å². The van der Waals surface area contributed by atoms with Crippen LogP contribution in [0.3, 0.4) is 0 Å². The molecule has 168 valence electrons. The second-order valence-electron chi connectivity index (χ2n) is 7.75. The minimum Gasteiger partial charge on any atom is -0.497 e. The number of amides is 1. The molecule has 0 aliphatic carbocycles. The van der Waals surface area contributed by atoms with Gasteiger partial charge in [0.1, 0.15) is 5.75 Å². The molecule has 3 aromatic rings. The zero-order valence-electron chi connectivity index (χ0n) is 18.2. The summed E-state index contributed by atoms with van der Waals surface area (Å²) in [7, 11) is 1.64. The molecular weight excluding hydrogens is 424 g/mol. The van der Waals surface area contributed by atoms with E-state index < -0.39 is 0 Å². The SMILES string of the molecule is COc1ccc(Cn2nnnc2SCC(=O)Nc2ccc(N3CCCCCC3)cc2)cc1. The van der Waals surface area contributed by atoms with Gasteiger partial charge in [-0.1, -0.05) is 36.7 Å². The summed E-state index contributed by atoms with van der Waals surface area (Å²) in [6.07, 6.45) is 5.11. The maximum Gasteiger partial charge on any atom is 0.234 e. The van der Waals surface area contributed by atoms with Gasteiger partial charge in [0.25, 0.3) is 0 Å². The van der Waals surface area contributed by atoms with Crippen LogP contribution in [-0.2, 0) is 11.3 Å². The van der Waals surface area contributed by atoms with E-state index in [9.17, 15) is 4.79 Å². The summed E-state index contributed by atoms with van der Waals surface area (Å²) in [6.45, 7) is 2.74. The van der Waals surface area contributed by atoms with Crippen molar-refractivity contribution in [3.63, 3.8) is 0 Å². The molecule has 1 aliphatic heterocycles. The van der Waals surface area contributed by atoms with Crippen LogP contribution in [-0.4, -0.2) is 52.1 Å². The van der Waals surface area contributed by atoms with Crippen LogP contribution in [0.1, 0.15) is 31.2 Å². The highest BCUT2D eigenvalue weighted by Crippen LogP contribution is 2.22. The third-order valence-corrected chi connectivity index (χ3v) is 6.40. The normalized spacial score (nSPS) is 14.1. The predicted octanol–water partition coefficient (Wildman–Crippen LogP) is 3.84. The molecule has 2 aromatic carbocycles. The Hall–Kier alpha value is -3.07. The quantitative estimate of drug-likeness (QED) is 0.520. The molecule has 1 aliphatic rings. The summed E-state index contributed by atoms with van der Waals surface area (Å²) in [5.74, 6) is 0.948. The number of methoxy groups -OCH3 is 1. The standard InChI is InChI=1S/C23H28N6O2S/c1-31-21-12-6-18(7-13-21)16-29-23(25-26-27-29)32-17-22(30)24-19-8-10-20(11-9-19)28-14-4-2-3-5-15-28/h6-13H,2-5,14-17H2,1H3,(H,24,30). The number of ether oxygens (including phenoxy) is 1. The number of nitrogens with one attached hydrogen (secondary N) is 1. The van der Waals surface area contributed by atoms with Gasteiger partial charge in [-0.05, 0) is 65.2 Å². The van der Waals surface area contributed by atoms with Crippen molar-refractivity contribution in [2.45, 2.75) is 37.4 Å². The van der Waals surface area contributed by atoms with Gasteiger partial charge in [0, 0.05) is 24.5 Å². The first-order valence-corrected chi connectivity index (χ1v) is 11.9. The van der Waals surface area contributed by atoms with Crippen molar-refractivity contribution in [3.8, 4) is 5.75 Å². The number of carbonyl (C=O) groups excluding carboxylic acids is 1. The van der Waals surface area contributed by atoms with E-state index in [1.807, 2.05) is 36.4 Å². The summed E-state index contributed by atoms with van der Waals surface area (Å²) >= 11 is 1.32. The van der Waals surface area contributed by atoms with Crippen molar-refractivity contribution in [3.05, 3.63) is 54.1 Å². The Morgan fingerprint density at radius 3 is 2.44 bits per heavy atom. The molecule has 1 aromatic heterocycles. The number of nitrogens with zero attached hydrogens (tertiary/aromatic N) is 5. The molecule has 2 heterocycles. The molecule has 1 saturated heterocycles. The van der Waals surface area contributed by atoms with Crippen LogP contribution in [0.15, 0.2) is 53.7 Å². The lowest BCUT2D eigenvalue weighted by Gasteiger charge is -2.22. The second kappa shape index (κ2) is 11.0. The third-order valence-electron chi connectivity index (χ3n) is 5.45. The molecule has 0 saturated carbocycles. The van der Waals surface area contributed by atoms with Gasteiger partial charge in [-0.3, -0.25) is 4.79 Å². The van der Waals surface area contributed by atoms with Crippen LogP contribution >= 0.6 is 11.8 Å². The first-order valence-electron chi connectivity index (χ1n) is 10.9. The predicted molar refractivity (Wildman–Crippen MR) is 126 cm³/mol. The number of benzene rings is 2. The van der Waals surface area contributed by atoms with E-state index in [2.05, 4.69) is 37.9 Å².